The minimum Gasteiger partial charge on any atom is -0.473 e. The average Bonchev–Trinajstić information content (AvgIpc) is 3.12. The topological polar surface area (TPSA) is 54.5 Å². The second-order valence-electron chi connectivity index (χ2n) is 6.53. The lowest BCUT2D eigenvalue weighted by atomic mass is 10.1. The van der Waals surface area contributed by atoms with Crippen LogP contribution in [0.5, 0.6) is 5.88 Å². The Kier molecular flexibility index (Phi) is 8.55. The van der Waals surface area contributed by atoms with Crippen LogP contribution in [0.4, 0.5) is 0 Å². The first kappa shape index (κ1) is 20.0. The summed E-state index contributed by atoms with van der Waals surface area (Å²) >= 11 is 1.90. The Bertz CT molecular complexity index is 531. The lowest BCUT2D eigenvalue weighted by molar-refractivity contribution is 0.0936. The van der Waals surface area contributed by atoms with Gasteiger partial charge in [-0.3, -0.25) is 4.79 Å². The Hall–Kier alpha value is -1.27. The molecule has 1 N–H and O–H groups in total. The Morgan fingerprint density at radius 3 is 2.96 bits per heavy atom. The number of amides is 1. The summed E-state index contributed by atoms with van der Waals surface area (Å²) < 4.78 is 5.87. The van der Waals surface area contributed by atoms with E-state index in [1.807, 2.05) is 11.8 Å². The van der Waals surface area contributed by atoms with E-state index in [9.17, 15) is 4.79 Å². The zero-order chi connectivity index (χ0) is 18.1. The molecule has 1 aliphatic rings. The Morgan fingerprint density at radius 2 is 2.28 bits per heavy atom. The van der Waals surface area contributed by atoms with E-state index in [1.54, 1.807) is 18.3 Å². The SMILES string of the molecule is CCN(CC)CCCC(C)NC(=O)c1ccnc(OC2CCSC2)c1. The number of pyridine rings is 1. The second kappa shape index (κ2) is 10.7. The number of rotatable bonds is 10. The van der Waals surface area contributed by atoms with Gasteiger partial charge in [-0.25, -0.2) is 4.98 Å². The third-order valence-electron chi connectivity index (χ3n) is 4.56. The number of nitrogens with one attached hydrogen (secondary N) is 1. The van der Waals surface area contributed by atoms with Gasteiger partial charge in [-0.05, 0) is 57.6 Å². The molecule has 25 heavy (non-hydrogen) atoms. The normalized spacial score (nSPS) is 18.3. The number of thioether (sulfide) groups is 1. The Balaban J connectivity index is 1.79. The highest BCUT2D eigenvalue weighted by atomic mass is 32.2. The zero-order valence-corrected chi connectivity index (χ0v) is 16.5. The van der Waals surface area contributed by atoms with Crippen LogP contribution in [0.2, 0.25) is 0 Å². The van der Waals surface area contributed by atoms with Crippen LogP contribution in [0, 0.1) is 0 Å². The molecule has 1 fully saturated rings. The predicted molar refractivity (Wildman–Crippen MR) is 105 cm³/mol. The van der Waals surface area contributed by atoms with Crippen molar-refractivity contribution in [1.82, 2.24) is 15.2 Å². The van der Waals surface area contributed by atoms with Gasteiger partial charge in [0.25, 0.3) is 5.91 Å². The lowest BCUT2D eigenvalue weighted by Crippen LogP contribution is -2.33. The van der Waals surface area contributed by atoms with Gasteiger partial charge < -0.3 is 15.0 Å². The average molecular weight is 366 g/mol. The maximum atomic E-state index is 12.4. The zero-order valence-electron chi connectivity index (χ0n) is 15.7. The summed E-state index contributed by atoms with van der Waals surface area (Å²) in [5.41, 5.74) is 0.617. The maximum Gasteiger partial charge on any atom is 0.251 e. The summed E-state index contributed by atoms with van der Waals surface area (Å²) in [6.45, 7) is 9.67. The van der Waals surface area contributed by atoms with E-state index in [0.717, 1.165) is 50.4 Å². The summed E-state index contributed by atoms with van der Waals surface area (Å²) in [5.74, 6) is 2.63. The second-order valence-corrected chi connectivity index (χ2v) is 7.68. The summed E-state index contributed by atoms with van der Waals surface area (Å²) in [6.07, 6.45) is 4.99. The molecule has 1 saturated heterocycles. The molecule has 0 bridgehead atoms. The first-order valence-electron chi connectivity index (χ1n) is 9.36. The van der Waals surface area contributed by atoms with Gasteiger partial charge in [0, 0.05) is 29.6 Å². The van der Waals surface area contributed by atoms with Crippen molar-refractivity contribution in [2.24, 2.45) is 0 Å². The number of hydrogen-bond acceptors (Lipinski definition) is 5. The number of nitrogens with zero attached hydrogens (tertiary/aromatic N) is 2. The van der Waals surface area contributed by atoms with Crippen molar-refractivity contribution >= 4 is 17.7 Å². The van der Waals surface area contributed by atoms with Crippen molar-refractivity contribution in [1.29, 1.82) is 0 Å². The van der Waals surface area contributed by atoms with E-state index in [2.05, 4.69) is 36.0 Å². The molecule has 1 aromatic heterocycles. The van der Waals surface area contributed by atoms with Crippen LogP contribution in [-0.4, -0.2) is 59.1 Å². The van der Waals surface area contributed by atoms with Crippen molar-refractivity contribution in [3.8, 4) is 5.88 Å². The van der Waals surface area contributed by atoms with E-state index >= 15 is 0 Å². The maximum absolute atomic E-state index is 12.4. The first-order chi connectivity index (χ1) is 12.1. The third-order valence-corrected chi connectivity index (χ3v) is 5.69. The number of carbonyl (C=O) groups excluding carboxylic acids is 1. The Labute approximate surface area is 155 Å². The minimum atomic E-state index is -0.0524. The van der Waals surface area contributed by atoms with E-state index in [0.29, 0.717) is 11.4 Å². The van der Waals surface area contributed by atoms with Crippen LogP contribution in [0.25, 0.3) is 0 Å². The molecule has 0 saturated carbocycles. The van der Waals surface area contributed by atoms with E-state index in [4.69, 9.17) is 4.74 Å². The molecular formula is C19H31N3O2S. The highest BCUT2D eigenvalue weighted by molar-refractivity contribution is 7.99. The molecule has 1 amide bonds. The first-order valence-corrected chi connectivity index (χ1v) is 10.5. The standard InChI is InChI=1S/C19H31N3O2S/c1-4-22(5-2)11-6-7-15(3)21-19(23)16-8-10-20-18(13-16)24-17-9-12-25-14-17/h8,10,13,15,17H,4-7,9,11-12,14H2,1-3H3,(H,21,23). The fraction of sp³-hybridized carbons (Fsp3) is 0.684. The molecule has 1 aromatic rings. The molecule has 2 unspecified atom stereocenters. The molecule has 0 radical (unpaired) electrons. The number of ether oxygens (including phenoxy) is 1. The van der Waals surface area contributed by atoms with Crippen molar-refractivity contribution in [3.63, 3.8) is 0 Å². The molecule has 0 aliphatic carbocycles. The molecular weight excluding hydrogens is 334 g/mol. The van der Waals surface area contributed by atoms with Crippen LogP contribution < -0.4 is 10.1 Å². The van der Waals surface area contributed by atoms with Gasteiger partial charge in [0.2, 0.25) is 5.88 Å². The minimum absolute atomic E-state index is 0.0524. The fourth-order valence-electron chi connectivity index (χ4n) is 2.93. The van der Waals surface area contributed by atoms with Gasteiger partial charge in [0.05, 0.1) is 0 Å². The smallest absolute Gasteiger partial charge is 0.251 e. The van der Waals surface area contributed by atoms with Gasteiger partial charge in [-0.15, -0.1) is 0 Å². The van der Waals surface area contributed by atoms with Crippen LogP contribution in [-0.2, 0) is 0 Å². The van der Waals surface area contributed by atoms with Crippen molar-refractivity contribution in [3.05, 3.63) is 23.9 Å². The van der Waals surface area contributed by atoms with Crippen LogP contribution in [0.3, 0.4) is 0 Å². The molecule has 2 heterocycles. The molecule has 6 heteroatoms. The molecule has 0 aromatic carbocycles. The summed E-state index contributed by atoms with van der Waals surface area (Å²) in [6, 6.07) is 3.65. The summed E-state index contributed by atoms with van der Waals surface area (Å²) in [4.78, 5) is 19.1. The third kappa shape index (κ3) is 6.86. The van der Waals surface area contributed by atoms with Gasteiger partial charge in [0.15, 0.2) is 0 Å². The van der Waals surface area contributed by atoms with Crippen molar-refractivity contribution in [2.45, 2.75) is 52.2 Å². The largest absolute Gasteiger partial charge is 0.473 e. The molecule has 0 spiro atoms. The molecule has 2 rings (SSSR count). The predicted octanol–water partition coefficient (Wildman–Crippen LogP) is 3.21. The molecule has 140 valence electrons. The summed E-state index contributed by atoms with van der Waals surface area (Å²) in [5, 5.41) is 3.08. The van der Waals surface area contributed by atoms with Crippen molar-refractivity contribution < 1.29 is 9.53 Å². The molecule has 1 aliphatic heterocycles. The highest BCUT2D eigenvalue weighted by Crippen LogP contribution is 2.22. The number of carbonyl (C=O) groups is 1. The van der Waals surface area contributed by atoms with E-state index < -0.39 is 0 Å². The lowest BCUT2D eigenvalue weighted by Gasteiger charge is -2.20. The molecule has 5 nitrogen and oxygen atoms in total. The number of hydrogen-bond donors (Lipinski definition) is 1. The van der Waals surface area contributed by atoms with Gasteiger partial charge in [-0.2, -0.15) is 11.8 Å². The van der Waals surface area contributed by atoms with E-state index in [1.165, 1.54) is 0 Å². The van der Waals surface area contributed by atoms with Gasteiger partial charge in [-0.1, -0.05) is 13.8 Å². The van der Waals surface area contributed by atoms with Gasteiger partial charge >= 0.3 is 0 Å². The monoisotopic (exact) mass is 365 g/mol. The van der Waals surface area contributed by atoms with Crippen molar-refractivity contribution in [2.75, 3.05) is 31.1 Å². The number of aromatic nitrogens is 1. The molecule has 2 atom stereocenters. The van der Waals surface area contributed by atoms with E-state index in [-0.39, 0.29) is 18.1 Å². The Morgan fingerprint density at radius 1 is 1.48 bits per heavy atom. The van der Waals surface area contributed by atoms with Gasteiger partial charge in [0.1, 0.15) is 6.10 Å². The highest BCUT2D eigenvalue weighted by Gasteiger charge is 2.18. The van der Waals surface area contributed by atoms with Crippen LogP contribution >= 0.6 is 11.8 Å². The fourth-order valence-corrected chi connectivity index (χ4v) is 4.03. The summed E-state index contributed by atoms with van der Waals surface area (Å²) in [7, 11) is 0. The quantitative estimate of drug-likeness (QED) is 0.690. The van der Waals surface area contributed by atoms with Crippen LogP contribution in [0.15, 0.2) is 18.3 Å². The van der Waals surface area contributed by atoms with Crippen LogP contribution in [0.1, 0.15) is 50.4 Å².